The average molecular weight is 314 g/mol. The third kappa shape index (κ3) is 5.16. The summed E-state index contributed by atoms with van der Waals surface area (Å²) < 4.78 is 19.4. The van der Waals surface area contributed by atoms with Crippen LogP contribution in [0.1, 0.15) is 24.9 Å². The number of hydrogen-bond donors (Lipinski definition) is 1. The monoisotopic (exact) mass is 314 g/mol. The smallest absolute Gasteiger partial charge is 0.131 e. The van der Waals surface area contributed by atoms with E-state index in [0.717, 1.165) is 18.7 Å². The molecule has 1 N–H and O–H groups in total. The van der Waals surface area contributed by atoms with Gasteiger partial charge in [0.2, 0.25) is 0 Å². The second kappa shape index (κ2) is 9.28. The third-order valence-electron chi connectivity index (χ3n) is 3.86. The molecule has 0 amide bonds. The van der Waals surface area contributed by atoms with Crippen molar-refractivity contribution in [3.05, 3.63) is 29.6 Å². The van der Waals surface area contributed by atoms with Gasteiger partial charge in [0.15, 0.2) is 0 Å². The molecule has 1 aromatic carbocycles. The first-order chi connectivity index (χ1) is 10.0. The SMILES string of the molecule is CNC(CCN(C)C(C)CSC)c1c(F)cccc1OC. The number of ether oxygens (including phenoxy) is 1. The molecular formula is C16H27FN2OS. The largest absolute Gasteiger partial charge is 0.496 e. The highest BCUT2D eigenvalue weighted by molar-refractivity contribution is 7.98. The Morgan fingerprint density at radius 3 is 2.71 bits per heavy atom. The molecule has 0 aliphatic carbocycles. The predicted molar refractivity (Wildman–Crippen MR) is 89.8 cm³/mol. The van der Waals surface area contributed by atoms with Crippen LogP contribution in [0.5, 0.6) is 5.75 Å². The van der Waals surface area contributed by atoms with Crippen LogP contribution in [0, 0.1) is 5.82 Å². The fourth-order valence-corrected chi connectivity index (χ4v) is 3.12. The Labute approximate surface area is 132 Å². The molecule has 0 spiro atoms. The van der Waals surface area contributed by atoms with Crippen LogP contribution >= 0.6 is 11.8 Å². The maximum atomic E-state index is 14.1. The first kappa shape index (κ1) is 18.3. The van der Waals surface area contributed by atoms with E-state index in [0.29, 0.717) is 17.4 Å². The minimum absolute atomic E-state index is 0.0509. The lowest BCUT2D eigenvalue weighted by Crippen LogP contribution is -2.34. The van der Waals surface area contributed by atoms with Crippen molar-refractivity contribution < 1.29 is 9.13 Å². The number of hydrogen-bond acceptors (Lipinski definition) is 4. The molecule has 0 fully saturated rings. The quantitative estimate of drug-likeness (QED) is 0.757. The fraction of sp³-hybridized carbons (Fsp3) is 0.625. The van der Waals surface area contributed by atoms with E-state index < -0.39 is 0 Å². The molecule has 0 aromatic heterocycles. The maximum absolute atomic E-state index is 14.1. The maximum Gasteiger partial charge on any atom is 0.131 e. The molecule has 1 rings (SSSR count). The van der Waals surface area contributed by atoms with E-state index in [9.17, 15) is 4.39 Å². The zero-order valence-electron chi connectivity index (χ0n) is 13.6. The van der Waals surface area contributed by atoms with Gasteiger partial charge in [-0.05, 0) is 52.4 Å². The van der Waals surface area contributed by atoms with Crippen molar-refractivity contribution >= 4 is 11.8 Å². The van der Waals surface area contributed by atoms with Gasteiger partial charge < -0.3 is 15.0 Å². The number of methoxy groups -OCH3 is 1. The van der Waals surface area contributed by atoms with Gasteiger partial charge >= 0.3 is 0 Å². The van der Waals surface area contributed by atoms with Crippen molar-refractivity contribution in [1.29, 1.82) is 0 Å². The Morgan fingerprint density at radius 2 is 2.14 bits per heavy atom. The minimum atomic E-state index is -0.214. The highest BCUT2D eigenvalue weighted by Gasteiger charge is 2.20. The number of halogens is 1. The lowest BCUT2D eigenvalue weighted by molar-refractivity contribution is 0.259. The van der Waals surface area contributed by atoms with Gasteiger partial charge in [0.1, 0.15) is 11.6 Å². The van der Waals surface area contributed by atoms with Gasteiger partial charge in [-0.3, -0.25) is 0 Å². The predicted octanol–water partition coefficient (Wildman–Crippen LogP) is 3.17. The van der Waals surface area contributed by atoms with Crippen LogP contribution in [-0.2, 0) is 0 Å². The average Bonchev–Trinajstić information content (AvgIpc) is 2.48. The van der Waals surface area contributed by atoms with Gasteiger partial charge in [-0.2, -0.15) is 11.8 Å². The van der Waals surface area contributed by atoms with Crippen LogP contribution in [0.25, 0.3) is 0 Å². The first-order valence-electron chi connectivity index (χ1n) is 7.24. The number of benzene rings is 1. The molecule has 5 heteroatoms. The van der Waals surface area contributed by atoms with E-state index in [2.05, 4.69) is 30.4 Å². The molecule has 120 valence electrons. The minimum Gasteiger partial charge on any atom is -0.496 e. The third-order valence-corrected chi connectivity index (χ3v) is 4.68. The summed E-state index contributed by atoms with van der Waals surface area (Å²) in [7, 11) is 5.56. The highest BCUT2D eigenvalue weighted by Crippen LogP contribution is 2.29. The van der Waals surface area contributed by atoms with Crippen molar-refractivity contribution in [3.63, 3.8) is 0 Å². The van der Waals surface area contributed by atoms with E-state index in [-0.39, 0.29) is 11.9 Å². The lowest BCUT2D eigenvalue weighted by atomic mass is 10.0. The van der Waals surface area contributed by atoms with Gasteiger partial charge in [-0.15, -0.1) is 0 Å². The molecule has 1 aromatic rings. The van der Waals surface area contributed by atoms with Gasteiger partial charge in [0.25, 0.3) is 0 Å². The van der Waals surface area contributed by atoms with E-state index in [1.165, 1.54) is 6.07 Å². The summed E-state index contributed by atoms with van der Waals surface area (Å²) in [5.74, 6) is 1.49. The van der Waals surface area contributed by atoms with Gasteiger partial charge in [0, 0.05) is 23.4 Å². The molecule has 0 heterocycles. The van der Waals surface area contributed by atoms with E-state index in [1.807, 2.05) is 24.9 Å². The van der Waals surface area contributed by atoms with Crippen LogP contribution in [0.3, 0.4) is 0 Å². The summed E-state index contributed by atoms with van der Waals surface area (Å²) in [6.45, 7) is 3.12. The van der Waals surface area contributed by atoms with Crippen molar-refractivity contribution in [2.24, 2.45) is 0 Å². The van der Waals surface area contributed by atoms with Crippen LogP contribution in [-0.4, -0.2) is 50.7 Å². The van der Waals surface area contributed by atoms with E-state index in [4.69, 9.17) is 4.74 Å². The number of rotatable bonds is 9. The summed E-state index contributed by atoms with van der Waals surface area (Å²) in [4.78, 5) is 2.31. The first-order valence-corrected chi connectivity index (χ1v) is 8.63. The second-order valence-corrected chi connectivity index (χ2v) is 6.18. The molecule has 2 atom stereocenters. The number of thioether (sulfide) groups is 1. The molecule has 0 radical (unpaired) electrons. The van der Waals surface area contributed by atoms with Gasteiger partial charge in [-0.25, -0.2) is 4.39 Å². The Hall–Kier alpha value is -0.780. The van der Waals surface area contributed by atoms with Crippen LogP contribution in [0.2, 0.25) is 0 Å². The Bertz CT molecular complexity index is 431. The summed E-state index contributed by atoms with van der Waals surface area (Å²) in [6.07, 6.45) is 2.95. The number of nitrogens with zero attached hydrogens (tertiary/aromatic N) is 1. The Morgan fingerprint density at radius 1 is 1.43 bits per heavy atom. The molecular weight excluding hydrogens is 287 g/mol. The summed E-state index contributed by atoms with van der Waals surface area (Å²) in [5, 5.41) is 3.21. The molecule has 2 unspecified atom stereocenters. The van der Waals surface area contributed by atoms with Crippen LogP contribution in [0.15, 0.2) is 18.2 Å². The van der Waals surface area contributed by atoms with E-state index >= 15 is 0 Å². The molecule has 3 nitrogen and oxygen atoms in total. The standard InChI is InChI=1S/C16H27FN2OS/c1-12(11-21-5)19(3)10-9-14(18-2)16-13(17)7-6-8-15(16)20-4/h6-8,12,14,18H,9-11H2,1-5H3. The van der Waals surface area contributed by atoms with Crippen molar-refractivity contribution in [2.75, 3.05) is 39.8 Å². The Kier molecular flexibility index (Phi) is 8.07. The van der Waals surface area contributed by atoms with Gasteiger partial charge in [0.05, 0.1) is 7.11 Å². The van der Waals surface area contributed by atoms with E-state index in [1.54, 1.807) is 13.2 Å². The summed E-state index contributed by atoms with van der Waals surface area (Å²) >= 11 is 1.85. The van der Waals surface area contributed by atoms with Crippen molar-refractivity contribution in [3.8, 4) is 5.75 Å². The molecule has 0 saturated heterocycles. The molecule has 21 heavy (non-hydrogen) atoms. The van der Waals surface area contributed by atoms with Crippen molar-refractivity contribution in [1.82, 2.24) is 10.2 Å². The normalized spacial score (nSPS) is 14.2. The lowest BCUT2D eigenvalue weighted by Gasteiger charge is -2.27. The van der Waals surface area contributed by atoms with Crippen LogP contribution in [0.4, 0.5) is 4.39 Å². The summed E-state index contributed by atoms with van der Waals surface area (Å²) in [5.41, 5.74) is 0.619. The molecule has 0 aliphatic heterocycles. The fourth-order valence-electron chi connectivity index (χ4n) is 2.39. The molecule has 0 aliphatic rings. The molecule has 0 saturated carbocycles. The zero-order valence-corrected chi connectivity index (χ0v) is 14.5. The topological polar surface area (TPSA) is 24.5 Å². The zero-order chi connectivity index (χ0) is 15.8. The Balaban J connectivity index is 2.76. The van der Waals surface area contributed by atoms with Crippen molar-refractivity contribution in [2.45, 2.75) is 25.4 Å². The van der Waals surface area contributed by atoms with Crippen LogP contribution < -0.4 is 10.1 Å². The second-order valence-electron chi connectivity index (χ2n) is 5.27. The summed E-state index contributed by atoms with van der Waals surface area (Å²) in [6, 6.07) is 5.44. The number of nitrogens with one attached hydrogen (secondary N) is 1. The highest BCUT2D eigenvalue weighted by atomic mass is 32.2. The molecule has 0 bridgehead atoms. The van der Waals surface area contributed by atoms with Gasteiger partial charge in [-0.1, -0.05) is 6.07 Å².